The monoisotopic (exact) mass is 358 g/mol. The second kappa shape index (κ2) is 7.82. The number of nitro groups is 1. The van der Waals surface area contributed by atoms with Gasteiger partial charge in [-0.25, -0.2) is 4.84 Å². The summed E-state index contributed by atoms with van der Waals surface area (Å²) in [6, 6.07) is 4.82. The average Bonchev–Trinajstić information content (AvgIpc) is 2.59. The Bertz CT molecular complexity index is 621. The summed E-state index contributed by atoms with van der Waals surface area (Å²) in [6.07, 6.45) is -7.69. The van der Waals surface area contributed by atoms with E-state index >= 15 is 0 Å². The third-order valence-corrected chi connectivity index (χ3v) is 3.64. The molecule has 1 aliphatic heterocycles. The summed E-state index contributed by atoms with van der Waals surface area (Å²) < 4.78 is 5.16. The molecule has 1 aromatic rings. The summed E-state index contributed by atoms with van der Waals surface area (Å²) in [5.41, 5.74) is -0.0739. The second-order valence-corrected chi connectivity index (χ2v) is 5.39. The summed E-state index contributed by atoms with van der Waals surface area (Å²) in [4.78, 5) is 27.1. The molecular weight excluding hydrogens is 340 g/mol. The van der Waals surface area contributed by atoms with Crippen molar-refractivity contribution in [3.05, 3.63) is 34.4 Å². The maximum absolute atomic E-state index is 11.8. The lowest BCUT2D eigenvalue weighted by molar-refractivity contribution is -0.384. The molecule has 0 bridgehead atoms. The first kappa shape index (κ1) is 19.2. The van der Waals surface area contributed by atoms with Crippen LogP contribution in [0.5, 0.6) is 0 Å². The number of non-ortho nitro benzene ring substituents is 1. The first-order chi connectivity index (χ1) is 11.8. The molecule has 2 rings (SSSR count). The number of ether oxygens (including phenoxy) is 1. The molecule has 0 radical (unpaired) electrons. The zero-order valence-corrected chi connectivity index (χ0v) is 13.1. The van der Waals surface area contributed by atoms with Crippen molar-refractivity contribution in [2.24, 2.45) is 0 Å². The van der Waals surface area contributed by atoms with Gasteiger partial charge in [0.05, 0.1) is 17.2 Å². The van der Waals surface area contributed by atoms with Gasteiger partial charge >= 0.3 is 0 Å². The van der Waals surface area contributed by atoms with Crippen LogP contribution in [0.4, 0.5) is 11.4 Å². The fourth-order valence-electron chi connectivity index (χ4n) is 2.28. The van der Waals surface area contributed by atoms with Gasteiger partial charge in [0.25, 0.3) is 5.69 Å². The SMILES string of the molecule is CC(=O)N(OC1O[C@H](CO)[C@@H](O)[C@H](O)[C@H]1O)c1ccc([N+](=O)[O-])cc1. The summed E-state index contributed by atoms with van der Waals surface area (Å²) in [7, 11) is 0. The highest BCUT2D eigenvalue weighted by atomic mass is 16.8. The topological polar surface area (TPSA) is 163 Å². The fraction of sp³-hybridized carbons (Fsp3) is 0.500. The van der Waals surface area contributed by atoms with Gasteiger partial charge < -0.3 is 25.2 Å². The van der Waals surface area contributed by atoms with Crippen LogP contribution in [0.3, 0.4) is 0 Å². The number of rotatable bonds is 5. The number of aliphatic hydroxyl groups excluding tert-OH is 4. The quantitative estimate of drug-likeness (QED) is 0.369. The van der Waals surface area contributed by atoms with E-state index < -0.39 is 48.1 Å². The summed E-state index contributed by atoms with van der Waals surface area (Å²) in [5, 5.41) is 50.0. The van der Waals surface area contributed by atoms with Crippen molar-refractivity contribution in [1.82, 2.24) is 0 Å². The zero-order chi connectivity index (χ0) is 18.7. The number of benzene rings is 1. The highest BCUT2D eigenvalue weighted by molar-refractivity contribution is 5.89. The van der Waals surface area contributed by atoms with Gasteiger partial charge in [0, 0.05) is 19.1 Å². The third kappa shape index (κ3) is 4.10. The van der Waals surface area contributed by atoms with E-state index in [4.69, 9.17) is 14.7 Å². The van der Waals surface area contributed by atoms with Gasteiger partial charge in [-0.05, 0) is 12.1 Å². The van der Waals surface area contributed by atoms with Crippen LogP contribution in [0.25, 0.3) is 0 Å². The van der Waals surface area contributed by atoms with E-state index in [0.717, 1.165) is 24.1 Å². The number of hydrogen-bond donors (Lipinski definition) is 4. The molecule has 11 heteroatoms. The molecule has 4 N–H and O–H groups in total. The number of hydrogen-bond acceptors (Lipinski definition) is 9. The molecule has 1 heterocycles. The van der Waals surface area contributed by atoms with Crippen molar-refractivity contribution >= 4 is 17.3 Å². The van der Waals surface area contributed by atoms with Gasteiger partial charge in [-0.2, -0.15) is 5.06 Å². The minimum absolute atomic E-state index is 0.120. The highest BCUT2D eigenvalue weighted by Crippen LogP contribution is 2.26. The van der Waals surface area contributed by atoms with Crippen molar-refractivity contribution in [3.63, 3.8) is 0 Å². The van der Waals surface area contributed by atoms with Crippen LogP contribution in [0, 0.1) is 10.1 Å². The predicted octanol–water partition coefficient (Wildman–Crippen LogP) is -1.32. The number of carbonyl (C=O) groups is 1. The number of amides is 1. The maximum atomic E-state index is 11.8. The lowest BCUT2D eigenvalue weighted by Gasteiger charge is -2.40. The molecule has 0 spiro atoms. The Morgan fingerprint density at radius 1 is 1.24 bits per heavy atom. The minimum atomic E-state index is -1.70. The molecule has 25 heavy (non-hydrogen) atoms. The lowest BCUT2D eigenvalue weighted by atomic mass is 9.99. The first-order valence-electron chi connectivity index (χ1n) is 7.28. The molecule has 1 aromatic carbocycles. The number of anilines is 1. The predicted molar refractivity (Wildman–Crippen MR) is 81.1 cm³/mol. The summed E-state index contributed by atoms with van der Waals surface area (Å²) in [5.74, 6) is -0.634. The molecule has 1 fully saturated rings. The number of aliphatic hydroxyl groups is 4. The van der Waals surface area contributed by atoms with Crippen molar-refractivity contribution in [2.45, 2.75) is 37.6 Å². The normalized spacial score (nSPS) is 29.2. The van der Waals surface area contributed by atoms with E-state index in [1.807, 2.05) is 0 Å². The fourth-order valence-corrected chi connectivity index (χ4v) is 2.28. The molecule has 11 nitrogen and oxygen atoms in total. The Morgan fingerprint density at radius 3 is 2.32 bits per heavy atom. The molecule has 138 valence electrons. The van der Waals surface area contributed by atoms with E-state index in [-0.39, 0.29) is 11.4 Å². The van der Waals surface area contributed by atoms with Gasteiger partial charge in [0.1, 0.15) is 24.4 Å². The van der Waals surface area contributed by atoms with Crippen molar-refractivity contribution < 1.29 is 39.7 Å². The Kier molecular flexibility index (Phi) is 6.00. The van der Waals surface area contributed by atoms with Crippen LogP contribution in [0.15, 0.2) is 24.3 Å². The van der Waals surface area contributed by atoms with Crippen molar-refractivity contribution in [2.75, 3.05) is 11.7 Å². The lowest BCUT2D eigenvalue weighted by Crippen LogP contribution is -2.60. The van der Waals surface area contributed by atoms with Gasteiger partial charge in [-0.3, -0.25) is 14.9 Å². The van der Waals surface area contributed by atoms with Gasteiger partial charge in [0.15, 0.2) is 0 Å². The van der Waals surface area contributed by atoms with E-state index in [9.17, 15) is 30.2 Å². The Balaban J connectivity index is 2.20. The number of nitrogens with zero attached hydrogens (tertiary/aromatic N) is 2. The summed E-state index contributed by atoms with van der Waals surface area (Å²) >= 11 is 0. The van der Waals surface area contributed by atoms with Crippen LogP contribution >= 0.6 is 0 Å². The van der Waals surface area contributed by atoms with Crippen LogP contribution in [0.2, 0.25) is 0 Å². The zero-order valence-electron chi connectivity index (χ0n) is 13.1. The first-order valence-corrected chi connectivity index (χ1v) is 7.28. The van der Waals surface area contributed by atoms with Gasteiger partial charge in [0.2, 0.25) is 12.2 Å². The molecule has 1 amide bonds. The maximum Gasteiger partial charge on any atom is 0.269 e. The third-order valence-electron chi connectivity index (χ3n) is 3.64. The number of hydroxylamine groups is 1. The van der Waals surface area contributed by atoms with E-state index in [1.54, 1.807) is 0 Å². The Hall–Kier alpha value is -2.15. The Labute approximate surface area is 141 Å². The van der Waals surface area contributed by atoms with E-state index in [2.05, 4.69) is 0 Å². The Morgan fingerprint density at radius 2 is 1.84 bits per heavy atom. The van der Waals surface area contributed by atoms with Crippen molar-refractivity contribution in [3.8, 4) is 0 Å². The average molecular weight is 358 g/mol. The molecule has 5 atom stereocenters. The smallest absolute Gasteiger partial charge is 0.269 e. The molecule has 1 aliphatic rings. The minimum Gasteiger partial charge on any atom is -0.394 e. The molecule has 0 saturated carbocycles. The highest BCUT2D eigenvalue weighted by Gasteiger charge is 2.45. The van der Waals surface area contributed by atoms with E-state index in [1.165, 1.54) is 12.1 Å². The van der Waals surface area contributed by atoms with Gasteiger partial charge in [-0.1, -0.05) is 0 Å². The van der Waals surface area contributed by atoms with Crippen LogP contribution < -0.4 is 5.06 Å². The van der Waals surface area contributed by atoms with E-state index in [0.29, 0.717) is 0 Å². The summed E-state index contributed by atoms with van der Waals surface area (Å²) in [6.45, 7) is 0.494. The molecular formula is C14H18N2O9. The van der Waals surface area contributed by atoms with Crippen LogP contribution in [0.1, 0.15) is 6.92 Å². The largest absolute Gasteiger partial charge is 0.394 e. The van der Waals surface area contributed by atoms with Crippen LogP contribution in [-0.2, 0) is 14.4 Å². The van der Waals surface area contributed by atoms with Crippen LogP contribution in [-0.4, -0.2) is 68.6 Å². The molecule has 0 aromatic heterocycles. The molecule has 1 unspecified atom stereocenters. The molecule has 1 saturated heterocycles. The number of carbonyl (C=O) groups excluding carboxylic acids is 1. The standard InChI is InChI=1S/C14H18N2O9/c1-7(18)15(8-2-4-9(5-3-8)16(22)23)25-14-13(21)12(20)11(19)10(6-17)24-14/h2-5,10-14,17,19-21H,6H2,1H3/t10-,11-,12+,13-,14?/m1/s1. The number of nitro benzene ring substituents is 1. The molecule has 0 aliphatic carbocycles. The second-order valence-electron chi connectivity index (χ2n) is 5.39. The van der Waals surface area contributed by atoms with Crippen molar-refractivity contribution in [1.29, 1.82) is 0 Å². The van der Waals surface area contributed by atoms with Gasteiger partial charge in [-0.15, -0.1) is 0 Å².